The van der Waals surface area contributed by atoms with E-state index in [0.29, 0.717) is 17.2 Å². The lowest BCUT2D eigenvalue weighted by Gasteiger charge is -2.36. The Kier molecular flexibility index (Phi) is 1.06. The van der Waals surface area contributed by atoms with Gasteiger partial charge in [0.2, 0.25) is 0 Å². The highest BCUT2D eigenvalue weighted by atomic mass is 16.6. The minimum Gasteiger partial charge on any atom is -0.364 e. The average Bonchev–Trinajstić information content (AvgIpc) is 2.67. The lowest BCUT2D eigenvalue weighted by Crippen LogP contribution is -2.47. The molecular formula is C10H17NO. The van der Waals surface area contributed by atoms with Crippen LogP contribution in [0.25, 0.3) is 0 Å². The van der Waals surface area contributed by atoms with Crippen molar-refractivity contribution in [1.29, 1.82) is 0 Å². The maximum absolute atomic E-state index is 5.72. The molecule has 3 atom stereocenters. The molecular weight excluding hydrogens is 150 g/mol. The third-order valence-corrected chi connectivity index (χ3v) is 3.72. The molecule has 2 saturated heterocycles. The summed E-state index contributed by atoms with van der Waals surface area (Å²) in [5, 5.41) is 0. The van der Waals surface area contributed by atoms with Gasteiger partial charge >= 0.3 is 0 Å². The van der Waals surface area contributed by atoms with Crippen molar-refractivity contribution in [2.45, 2.75) is 44.4 Å². The average molecular weight is 167 g/mol. The Morgan fingerprint density at radius 3 is 2.67 bits per heavy atom. The maximum atomic E-state index is 5.72. The summed E-state index contributed by atoms with van der Waals surface area (Å²) >= 11 is 0. The molecule has 3 fully saturated rings. The first-order valence-corrected chi connectivity index (χ1v) is 4.95. The van der Waals surface area contributed by atoms with E-state index >= 15 is 0 Å². The minimum absolute atomic E-state index is 0.334. The molecule has 2 heteroatoms. The van der Waals surface area contributed by atoms with Crippen LogP contribution in [-0.4, -0.2) is 35.2 Å². The largest absolute Gasteiger partial charge is 0.364 e. The highest BCUT2D eigenvalue weighted by Crippen LogP contribution is 2.65. The molecule has 0 bridgehead atoms. The lowest BCUT2D eigenvalue weighted by molar-refractivity contribution is 0.115. The monoisotopic (exact) mass is 167 g/mol. The Balaban J connectivity index is 1.76. The van der Waals surface area contributed by atoms with Gasteiger partial charge in [-0.2, -0.15) is 0 Å². The van der Waals surface area contributed by atoms with Crippen molar-refractivity contribution in [2.24, 2.45) is 5.92 Å². The van der Waals surface area contributed by atoms with Crippen molar-refractivity contribution >= 4 is 0 Å². The summed E-state index contributed by atoms with van der Waals surface area (Å²) in [6.07, 6.45) is 1.93. The fourth-order valence-corrected chi connectivity index (χ4v) is 2.60. The van der Waals surface area contributed by atoms with Crippen LogP contribution in [0.4, 0.5) is 0 Å². The van der Waals surface area contributed by atoms with Gasteiger partial charge in [-0.3, -0.25) is 4.90 Å². The molecule has 0 N–H and O–H groups in total. The minimum atomic E-state index is 0.334. The zero-order chi connectivity index (χ0) is 8.56. The van der Waals surface area contributed by atoms with Crippen molar-refractivity contribution in [3.05, 3.63) is 0 Å². The molecule has 2 nitrogen and oxygen atoms in total. The molecule has 0 radical (unpaired) electrons. The first-order valence-electron chi connectivity index (χ1n) is 4.95. The summed E-state index contributed by atoms with van der Waals surface area (Å²) in [5.74, 6) is 0.871. The number of ether oxygens (including phenoxy) is 1. The van der Waals surface area contributed by atoms with Crippen LogP contribution in [0.3, 0.4) is 0 Å². The topological polar surface area (TPSA) is 15.8 Å². The third-order valence-electron chi connectivity index (χ3n) is 3.72. The predicted molar refractivity (Wildman–Crippen MR) is 47.0 cm³/mol. The smallest absolute Gasteiger partial charge is 0.101 e. The second-order valence-corrected chi connectivity index (χ2v) is 5.54. The number of epoxide rings is 1. The van der Waals surface area contributed by atoms with E-state index in [1.54, 1.807) is 0 Å². The summed E-state index contributed by atoms with van der Waals surface area (Å²) in [6.45, 7) is 9.32. The second-order valence-electron chi connectivity index (χ2n) is 5.54. The predicted octanol–water partition coefficient (Wildman–Crippen LogP) is 1.26. The van der Waals surface area contributed by atoms with Gasteiger partial charge in [0, 0.05) is 24.5 Å². The van der Waals surface area contributed by atoms with E-state index in [0.717, 1.165) is 5.92 Å². The van der Waals surface area contributed by atoms with E-state index in [2.05, 4.69) is 25.7 Å². The van der Waals surface area contributed by atoms with Gasteiger partial charge in [0.1, 0.15) is 11.7 Å². The first-order chi connectivity index (χ1) is 5.52. The molecule has 0 aromatic rings. The number of rotatable bonds is 0. The molecule has 0 amide bonds. The molecule has 0 aromatic carbocycles. The first kappa shape index (κ1) is 7.34. The Hall–Kier alpha value is -0.0800. The van der Waals surface area contributed by atoms with Gasteiger partial charge in [-0.15, -0.1) is 0 Å². The summed E-state index contributed by atoms with van der Waals surface area (Å²) in [4.78, 5) is 2.57. The van der Waals surface area contributed by atoms with E-state index in [9.17, 15) is 0 Å². The SMILES string of the molecule is CC(C)(C)N1CC2CC23OC3C1. The Bertz CT molecular complexity index is 212. The number of nitrogens with zero attached hydrogens (tertiary/aromatic N) is 1. The van der Waals surface area contributed by atoms with Gasteiger partial charge in [-0.05, 0) is 27.2 Å². The third kappa shape index (κ3) is 0.775. The molecule has 1 aliphatic carbocycles. The van der Waals surface area contributed by atoms with Gasteiger partial charge in [0.15, 0.2) is 0 Å². The zero-order valence-corrected chi connectivity index (χ0v) is 8.13. The molecule has 0 aromatic heterocycles. The fourth-order valence-electron chi connectivity index (χ4n) is 2.60. The van der Waals surface area contributed by atoms with Crippen LogP contribution >= 0.6 is 0 Å². The number of piperidine rings is 1. The van der Waals surface area contributed by atoms with Crippen LogP contribution in [0.1, 0.15) is 27.2 Å². The molecule has 2 heterocycles. The summed E-state index contributed by atoms with van der Waals surface area (Å²) in [7, 11) is 0. The molecule has 68 valence electrons. The van der Waals surface area contributed by atoms with Crippen molar-refractivity contribution in [3.63, 3.8) is 0 Å². The van der Waals surface area contributed by atoms with E-state index in [-0.39, 0.29) is 0 Å². The fraction of sp³-hybridized carbons (Fsp3) is 1.00. The van der Waals surface area contributed by atoms with Crippen LogP contribution in [0.5, 0.6) is 0 Å². The van der Waals surface area contributed by atoms with E-state index < -0.39 is 0 Å². The molecule has 12 heavy (non-hydrogen) atoms. The Morgan fingerprint density at radius 1 is 1.33 bits per heavy atom. The highest BCUT2D eigenvalue weighted by molar-refractivity contribution is 5.25. The van der Waals surface area contributed by atoms with Gasteiger partial charge in [-0.1, -0.05) is 0 Å². The molecule has 2 aliphatic heterocycles. The molecule has 3 unspecified atom stereocenters. The molecule has 3 aliphatic rings. The van der Waals surface area contributed by atoms with Gasteiger partial charge < -0.3 is 4.74 Å². The van der Waals surface area contributed by atoms with E-state index in [1.807, 2.05) is 0 Å². The van der Waals surface area contributed by atoms with Crippen LogP contribution in [0.15, 0.2) is 0 Å². The van der Waals surface area contributed by atoms with Gasteiger partial charge in [0.25, 0.3) is 0 Å². The van der Waals surface area contributed by atoms with Crippen molar-refractivity contribution < 1.29 is 4.74 Å². The maximum Gasteiger partial charge on any atom is 0.101 e. The van der Waals surface area contributed by atoms with Gasteiger partial charge in [0.05, 0.1) is 0 Å². The highest BCUT2D eigenvalue weighted by Gasteiger charge is 2.75. The zero-order valence-electron chi connectivity index (χ0n) is 8.13. The normalized spacial score (nSPS) is 51.2. The number of hydrogen-bond acceptors (Lipinski definition) is 2. The van der Waals surface area contributed by atoms with Crippen LogP contribution in [0.2, 0.25) is 0 Å². The summed E-state index contributed by atoms with van der Waals surface area (Å²) in [6, 6.07) is 0. The Labute approximate surface area is 73.9 Å². The number of likely N-dealkylation sites (tertiary alicyclic amines) is 1. The van der Waals surface area contributed by atoms with Crippen molar-refractivity contribution in [1.82, 2.24) is 4.90 Å². The second kappa shape index (κ2) is 1.73. The quantitative estimate of drug-likeness (QED) is 0.505. The van der Waals surface area contributed by atoms with E-state index in [1.165, 1.54) is 19.5 Å². The number of hydrogen-bond donors (Lipinski definition) is 0. The standard InChI is InChI=1S/C10H17NO/c1-9(2,3)11-5-7-4-10(7)8(6-11)12-10/h7-8H,4-6H2,1-3H3. The summed E-state index contributed by atoms with van der Waals surface area (Å²) in [5.41, 5.74) is 0.752. The summed E-state index contributed by atoms with van der Waals surface area (Å²) < 4.78 is 5.72. The van der Waals surface area contributed by atoms with Gasteiger partial charge in [-0.25, -0.2) is 0 Å². The Morgan fingerprint density at radius 2 is 2.08 bits per heavy atom. The van der Waals surface area contributed by atoms with Crippen LogP contribution in [0, 0.1) is 5.92 Å². The molecule has 1 saturated carbocycles. The molecule has 1 spiro atoms. The van der Waals surface area contributed by atoms with E-state index in [4.69, 9.17) is 4.74 Å². The van der Waals surface area contributed by atoms with Crippen LogP contribution in [-0.2, 0) is 4.74 Å². The van der Waals surface area contributed by atoms with Crippen LogP contribution < -0.4 is 0 Å². The lowest BCUT2D eigenvalue weighted by atomic mass is 10.0. The van der Waals surface area contributed by atoms with Crippen molar-refractivity contribution in [2.75, 3.05) is 13.1 Å². The van der Waals surface area contributed by atoms with Crippen molar-refractivity contribution in [3.8, 4) is 0 Å². The molecule has 3 rings (SSSR count).